The highest BCUT2D eigenvalue weighted by Gasteiger charge is 2.36. The van der Waals surface area contributed by atoms with Gasteiger partial charge in [0.05, 0.1) is 17.5 Å². The van der Waals surface area contributed by atoms with Gasteiger partial charge < -0.3 is 10.2 Å². The quantitative estimate of drug-likeness (QED) is 0.860. The number of carbonyl (C=O) groups excluding carboxylic acids is 1. The molecule has 140 valence electrons. The van der Waals surface area contributed by atoms with Gasteiger partial charge in [-0.2, -0.15) is 5.10 Å². The van der Waals surface area contributed by atoms with Crippen LogP contribution in [0, 0.1) is 0 Å². The van der Waals surface area contributed by atoms with Crippen molar-refractivity contribution in [3.05, 3.63) is 17.5 Å². The highest BCUT2D eigenvalue weighted by Crippen LogP contribution is 2.42. The Balaban J connectivity index is 0.00000182. The van der Waals surface area contributed by atoms with Gasteiger partial charge in [-0.1, -0.05) is 6.92 Å². The fourth-order valence-corrected chi connectivity index (χ4v) is 4.18. The van der Waals surface area contributed by atoms with Crippen LogP contribution in [0.25, 0.3) is 0 Å². The Morgan fingerprint density at radius 3 is 2.68 bits per heavy atom. The van der Waals surface area contributed by atoms with Crippen molar-refractivity contribution in [3.8, 4) is 0 Å². The third-order valence-electron chi connectivity index (χ3n) is 5.63. The third kappa shape index (κ3) is 3.86. The van der Waals surface area contributed by atoms with Gasteiger partial charge in [0.1, 0.15) is 0 Å². The number of halogens is 1. The molecular weight excluding hydrogens is 338 g/mol. The van der Waals surface area contributed by atoms with Crippen molar-refractivity contribution >= 4 is 18.3 Å². The first-order chi connectivity index (χ1) is 11.8. The maximum Gasteiger partial charge on any atom is 0.257 e. The van der Waals surface area contributed by atoms with Gasteiger partial charge in [-0.25, -0.2) is 0 Å². The first-order valence-corrected chi connectivity index (χ1v) is 9.57. The van der Waals surface area contributed by atoms with E-state index in [2.05, 4.69) is 31.8 Å². The molecule has 1 N–H and O–H groups in total. The second-order valence-electron chi connectivity index (χ2n) is 7.42. The highest BCUT2D eigenvalue weighted by atomic mass is 35.5. The Labute approximate surface area is 156 Å². The van der Waals surface area contributed by atoms with E-state index >= 15 is 0 Å². The van der Waals surface area contributed by atoms with Crippen molar-refractivity contribution in [2.75, 3.05) is 39.3 Å². The van der Waals surface area contributed by atoms with Gasteiger partial charge >= 0.3 is 0 Å². The molecule has 2 aliphatic heterocycles. The highest BCUT2D eigenvalue weighted by molar-refractivity contribution is 5.95. The molecule has 0 spiro atoms. The predicted octanol–water partition coefficient (Wildman–Crippen LogP) is 1.71. The molecule has 3 heterocycles. The number of nitrogens with zero attached hydrogens (tertiary/aromatic N) is 4. The van der Waals surface area contributed by atoms with Crippen LogP contribution < -0.4 is 5.32 Å². The van der Waals surface area contributed by atoms with Gasteiger partial charge in [0.15, 0.2) is 0 Å². The summed E-state index contributed by atoms with van der Waals surface area (Å²) in [6.45, 7) is 9.20. The average molecular weight is 368 g/mol. The van der Waals surface area contributed by atoms with E-state index in [9.17, 15) is 4.79 Å². The smallest absolute Gasteiger partial charge is 0.257 e. The molecule has 1 aromatic heterocycles. The number of hydrogen-bond donors (Lipinski definition) is 1. The lowest BCUT2D eigenvalue weighted by Crippen LogP contribution is -2.49. The Hall–Kier alpha value is -1.11. The normalized spacial score (nSPS) is 24.4. The summed E-state index contributed by atoms with van der Waals surface area (Å²) < 4.78 is 2.08. The summed E-state index contributed by atoms with van der Waals surface area (Å²) in [5.41, 5.74) is 2.07. The number of piperazine rings is 1. The van der Waals surface area contributed by atoms with Crippen LogP contribution in [0.5, 0.6) is 0 Å². The summed E-state index contributed by atoms with van der Waals surface area (Å²) >= 11 is 0. The molecule has 3 fully saturated rings. The van der Waals surface area contributed by atoms with Crippen molar-refractivity contribution in [3.63, 3.8) is 0 Å². The molecule has 1 unspecified atom stereocenters. The SMILES string of the molecule is CCCn1ncc(C(=O)N2CCC(N3CCNCC3)C2)c1C1CC1.Cl. The first kappa shape index (κ1) is 18.7. The van der Waals surface area contributed by atoms with Gasteiger partial charge in [0, 0.05) is 57.8 Å². The fourth-order valence-electron chi connectivity index (χ4n) is 4.18. The number of amides is 1. The summed E-state index contributed by atoms with van der Waals surface area (Å²) in [7, 11) is 0. The molecule has 0 aromatic carbocycles. The maximum absolute atomic E-state index is 13.1. The van der Waals surface area contributed by atoms with E-state index in [1.54, 1.807) is 0 Å². The molecule has 1 aliphatic carbocycles. The van der Waals surface area contributed by atoms with E-state index < -0.39 is 0 Å². The monoisotopic (exact) mass is 367 g/mol. The third-order valence-corrected chi connectivity index (χ3v) is 5.63. The molecule has 1 amide bonds. The molecule has 0 radical (unpaired) electrons. The Kier molecular flexibility index (Phi) is 6.02. The van der Waals surface area contributed by atoms with Crippen LogP contribution in [0.1, 0.15) is 54.6 Å². The zero-order valence-corrected chi connectivity index (χ0v) is 15.9. The van der Waals surface area contributed by atoms with Crippen molar-refractivity contribution < 1.29 is 4.79 Å². The van der Waals surface area contributed by atoms with Gasteiger partial charge in [-0.05, 0) is 25.7 Å². The molecule has 6 nitrogen and oxygen atoms in total. The minimum Gasteiger partial charge on any atom is -0.337 e. The van der Waals surface area contributed by atoms with Gasteiger partial charge in [-0.3, -0.25) is 14.4 Å². The number of aryl methyl sites for hydroxylation is 1. The van der Waals surface area contributed by atoms with E-state index in [1.807, 2.05) is 6.20 Å². The minimum absolute atomic E-state index is 0. The Morgan fingerprint density at radius 1 is 1.24 bits per heavy atom. The van der Waals surface area contributed by atoms with Crippen molar-refractivity contribution in [1.82, 2.24) is 24.9 Å². The van der Waals surface area contributed by atoms with E-state index in [0.717, 1.165) is 64.2 Å². The summed E-state index contributed by atoms with van der Waals surface area (Å²) in [4.78, 5) is 17.7. The van der Waals surface area contributed by atoms with Crippen LogP contribution in [0.2, 0.25) is 0 Å². The minimum atomic E-state index is 0. The predicted molar refractivity (Wildman–Crippen MR) is 100 cm³/mol. The zero-order valence-electron chi connectivity index (χ0n) is 15.1. The Bertz CT molecular complexity index is 594. The van der Waals surface area contributed by atoms with E-state index in [4.69, 9.17) is 0 Å². The summed E-state index contributed by atoms with van der Waals surface area (Å²) in [5.74, 6) is 0.765. The number of aromatic nitrogens is 2. The van der Waals surface area contributed by atoms with Crippen molar-refractivity contribution in [2.45, 2.75) is 51.1 Å². The summed E-state index contributed by atoms with van der Waals surface area (Å²) in [5, 5.41) is 7.93. The molecule has 1 saturated carbocycles. The molecule has 7 heteroatoms. The topological polar surface area (TPSA) is 53.4 Å². The molecule has 3 aliphatic rings. The lowest BCUT2D eigenvalue weighted by Gasteiger charge is -2.32. The maximum atomic E-state index is 13.1. The number of likely N-dealkylation sites (tertiary alicyclic amines) is 1. The fraction of sp³-hybridized carbons (Fsp3) is 0.778. The van der Waals surface area contributed by atoms with E-state index in [-0.39, 0.29) is 18.3 Å². The molecule has 1 atom stereocenters. The molecule has 0 bridgehead atoms. The van der Waals surface area contributed by atoms with Crippen molar-refractivity contribution in [1.29, 1.82) is 0 Å². The molecule has 1 aromatic rings. The van der Waals surface area contributed by atoms with Crippen LogP contribution in [0.15, 0.2) is 6.20 Å². The lowest BCUT2D eigenvalue weighted by atomic mass is 10.1. The molecule has 4 rings (SSSR count). The first-order valence-electron chi connectivity index (χ1n) is 9.57. The van der Waals surface area contributed by atoms with E-state index in [0.29, 0.717) is 12.0 Å². The zero-order chi connectivity index (χ0) is 16.5. The number of hydrogen-bond acceptors (Lipinski definition) is 4. The van der Waals surface area contributed by atoms with Gasteiger partial charge in [0.2, 0.25) is 0 Å². The van der Waals surface area contributed by atoms with Crippen LogP contribution in [-0.4, -0.2) is 70.8 Å². The second-order valence-corrected chi connectivity index (χ2v) is 7.42. The number of carbonyl (C=O) groups is 1. The van der Waals surface area contributed by atoms with Crippen LogP contribution in [-0.2, 0) is 6.54 Å². The van der Waals surface area contributed by atoms with E-state index in [1.165, 1.54) is 18.5 Å². The second kappa shape index (κ2) is 8.06. The molecule has 2 saturated heterocycles. The van der Waals surface area contributed by atoms with Gasteiger partial charge in [-0.15, -0.1) is 12.4 Å². The number of nitrogens with one attached hydrogen (secondary N) is 1. The standard InChI is InChI=1S/C18H29N5O.ClH/c1-2-8-23-17(14-3-4-14)16(12-20-23)18(24)22-9-5-15(13-22)21-10-6-19-7-11-21;/h12,14-15,19H,2-11,13H2,1H3;1H. The van der Waals surface area contributed by atoms with Crippen LogP contribution >= 0.6 is 12.4 Å². The largest absolute Gasteiger partial charge is 0.337 e. The molecule has 25 heavy (non-hydrogen) atoms. The van der Waals surface area contributed by atoms with Gasteiger partial charge in [0.25, 0.3) is 5.91 Å². The van der Waals surface area contributed by atoms with Crippen LogP contribution in [0.3, 0.4) is 0 Å². The van der Waals surface area contributed by atoms with Crippen molar-refractivity contribution in [2.24, 2.45) is 0 Å². The lowest BCUT2D eigenvalue weighted by molar-refractivity contribution is 0.0772. The average Bonchev–Trinajstić information content (AvgIpc) is 3.18. The molecular formula is C18H30ClN5O. The number of rotatable bonds is 5. The Morgan fingerprint density at radius 2 is 2.00 bits per heavy atom. The van der Waals surface area contributed by atoms with Crippen LogP contribution in [0.4, 0.5) is 0 Å². The summed E-state index contributed by atoms with van der Waals surface area (Å²) in [6, 6.07) is 0.533. The summed E-state index contributed by atoms with van der Waals surface area (Å²) in [6.07, 6.45) is 6.40.